The molecular weight excluding hydrogens is 234 g/mol. The van der Waals surface area contributed by atoms with Crippen LogP contribution in [0.3, 0.4) is 0 Å². The lowest BCUT2D eigenvalue weighted by Crippen LogP contribution is -2.32. The monoisotopic (exact) mass is 253 g/mol. The number of aryl methyl sites for hydroxylation is 2. The minimum absolute atomic E-state index is 0.0369. The molecule has 4 heteroatoms. The summed E-state index contributed by atoms with van der Waals surface area (Å²) < 4.78 is 0. The van der Waals surface area contributed by atoms with Gasteiger partial charge in [0.1, 0.15) is 0 Å². The molecule has 94 valence electrons. The van der Waals surface area contributed by atoms with Gasteiger partial charge in [-0.15, -0.1) is 11.3 Å². The average Bonchev–Trinajstić information content (AvgIpc) is 2.86. The van der Waals surface area contributed by atoms with Gasteiger partial charge in [-0.2, -0.15) is 0 Å². The van der Waals surface area contributed by atoms with Crippen LogP contribution in [0.4, 0.5) is 0 Å². The Kier molecular flexibility index (Phi) is 4.18. The number of aliphatic hydroxyl groups excluding tert-OH is 1. The molecule has 17 heavy (non-hydrogen) atoms. The fraction of sp³-hybridized carbons (Fsp3) is 0.615. The fourth-order valence-corrected chi connectivity index (χ4v) is 3.36. The Bertz CT molecular complexity index is 379. The second kappa shape index (κ2) is 5.65. The van der Waals surface area contributed by atoms with E-state index in [0.29, 0.717) is 0 Å². The van der Waals surface area contributed by atoms with Gasteiger partial charge in [0.25, 0.3) is 5.91 Å². The summed E-state index contributed by atoms with van der Waals surface area (Å²) in [6.07, 6.45) is 5.05. The molecule has 0 bridgehead atoms. The molecule has 1 heterocycles. The maximum Gasteiger partial charge on any atom is 0.261 e. The number of hydrogen-bond acceptors (Lipinski definition) is 3. The van der Waals surface area contributed by atoms with E-state index in [-0.39, 0.29) is 18.6 Å². The highest BCUT2D eigenvalue weighted by molar-refractivity contribution is 7.14. The molecule has 1 aromatic heterocycles. The summed E-state index contributed by atoms with van der Waals surface area (Å²) in [4.78, 5) is 14.2. The molecule has 0 radical (unpaired) electrons. The van der Waals surface area contributed by atoms with E-state index in [0.717, 1.165) is 30.6 Å². The summed E-state index contributed by atoms with van der Waals surface area (Å²) in [6.45, 7) is 2.17. The Morgan fingerprint density at radius 1 is 1.59 bits per heavy atom. The normalized spacial score (nSPS) is 15.6. The van der Waals surface area contributed by atoms with Crippen molar-refractivity contribution in [1.82, 2.24) is 5.32 Å². The quantitative estimate of drug-likeness (QED) is 0.844. The van der Waals surface area contributed by atoms with Crippen LogP contribution >= 0.6 is 11.3 Å². The van der Waals surface area contributed by atoms with Crippen molar-refractivity contribution in [3.63, 3.8) is 0 Å². The zero-order valence-electron chi connectivity index (χ0n) is 10.2. The number of aliphatic hydroxyl groups is 1. The topological polar surface area (TPSA) is 49.3 Å². The van der Waals surface area contributed by atoms with Crippen LogP contribution in [0.5, 0.6) is 0 Å². The minimum Gasteiger partial charge on any atom is -0.396 e. The summed E-state index contributed by atoms with van der Waals surface area (Å²) in [5, 5.41) is 11.7. The Balaban J connectivity index is 1.90. The third-order valence-electron chi connectivity index (χ3n) is 3.14. The van der Waals surface area contributed by atoms with Gasteiger partial charge >= 0.3 is 0 Å². The molecule has 1 amide bonds. The molecular formula is C13H19NO2S. The van der Waals surface area contributed by atoms with Crippen molar-refractivity contribution in [2.75, 3.05) is 6.61 Å². The molecule has 0 saturated heterocycles. The lowest BCUT2D eigenvalue weighted by molar-refractivity contribution is 0.0940. The van der Waals surface area contributed by atoms with Gasteiger partial charge in [-0.25, -0.2) is 0 Å². The molecule has 1 aromatic rings. The van der Waals surface area contributed by atoms with Crippen molar-refractivity contribution in [3.05, 3.63) is 21.4 Å². The van der Waals surface area contributed by atoms with Crippen LogP contribution in [0.25, 0.3) is 0 Å². The molecule has 2 N–H and O–H groups in total. The van der Waals surface area contributed by atoms with E-state index >= 15 is 0 Å². The van der Waals surface area contributed by atoms with E-state index in [9.17, 15) is 4.79 Å². The third-order valence-corrected chi connectivity index (χ3v) is 4.38. The predicted octanol–water partition coefficient (Wildman–Crippen LogP) is 2.13. The Hall–Kier alpha value is -0.870. The first-order valence-electron chi connectivity index (χ1n) is 6.24. The van der Waals surface area contributed by atoms with Crippen LogP contribution in [0.15, 0.2) is 6.07 Å². The van der Waals surface area contributed by atoms with Gasteiger partial charge in [0, 0.05) is 17.5 Å². The number of nitrogens with one attached hydrogen (secondary N) is 1. The largest absolute Gasteiger partial charge is 0.396 e. The lowest BCUT2D eigenvalue weighted by atomic mass is 10.2. The van der Waals surface area contributed by atoms with Gasteiger partial charge in [0.15, 0.2) is 0 Å². The molecule has 1 aliphatic rings. The van der Waals surface area contributed by atoms with Crippen LogP contribution in [-0.2, 0) is 12.8 Å². The molecule has 3 nitrogen and oxygen atoms in total. The Morgan fingerprint density at radius 2 is 2.41 bits per heavy atom. The van der Waals surface area contributed by atoms with Gasteiger partial charge in [-0.05, 0) is 50.7 Å². The summed E-state index contributed by atoms with van der Waals surface area (Å²) in [6, 6.07) is 2.17. The van der Waals surface area contributed by atoms with Crippen LogP contribution in [0.1, 0.15) is 46.3 Å². The molecule has 2 rings (SSSR count). The second-order valence-electron chi connectivity index (χ2n) is 4.65. The molecule has 0 aromatic carbocycles. The number of fused-ring (bicyclic) bond motifs is 1. The zero-order chi connectivity index (χ0) is 12.3. The molecule has 1 aliphatic carbocycles. The Morgan fingerprint density at radius 3 is 3.12 bits per heavy atom. The number of thiophene rings is 1. The van der Waals surface area contributed by atoms with Gasteiger partial charge in [-0.3, -0.25) is 4.79 Å². The highest BCUT2D eigenvalue weighted by Gasteiger charge is 2.19. The maximum atomic E-state index is 12.0. The summed E-state index contributed by atoms with van der Waals surface area (Å²) in [7, 11) is 0. The molecule has 1 atom stereocenters. The van der Waals surface area contributed by atoms with Gasteiger partial charge in [0.05, 0.1) is 4.88 Å². The maximum absolute atomic E-state index is 12.0. The number of carbonyl (C=O) groups excluding carboxylic acids is 1. The first-order valence-corrected chi connectivity index (χ1v) is 7.05. The highest BCUT2D eigenvalue weighted by Crippen LogP contribution is 2.30. The molecule has 0 fully saturated rings. The van der Waals surface area contributed by atoms with E-state index in [4.69, 9.17) is 5.11 Å². The summed E-state index contributed by atoms with van der Waals surface area (Å²) >= 11 is 1.63. The smallest absolute Gasteiger partial charge is 0.261 e. The van der Waals surface area contributed by atoms with Crippen LogP contribution in [0.2, 0.25) is 0 Å². The van der Waals surface area contributed by atoms with E-state index in [1.54, 1.807) is 11.3 Å². The minimum atomic E-state index is 0.0369. The number of amides is 1. The van der Waals surface area contributed by atoms with E-state index < -0.39 is 0 Å². The number of carbonyl (C=O) groups is 1. The number of hydrogen-bond donors (Lipinski definition) is 2. The van der Waals surface area contributed by atoms with Gasteiger partial charge in [-0.1, -0.05) is 0 Å². The molecule has 0 saturated carbocycles. The van der Waals surface area contributed by atoms with Crippen molar-refractivity contribution in [2.24, 2.45) is 0 Å². The Labute approximate surface area is 106 Å². The standard InChI is InChI=1S/C13H19NO2S/c1-9(4-3-7-15)14-13(16)12-8-10-5-2-6-11(10)17-12/h8-9,15H,2-7H2,1H3,(H,14,16). The van der Waals surface area contributed by atoms with Crippen LogP contribution in [-0.4, -0.2) is 23.7 Å². The SMILES string of the molecule is CC(CCCO)NC(=O)c1cc2c(s1)CCC2. The third kappa shape index (κ3) is 3.07. The van der Waals surface area contributed by atoms with Crippen LogP contribution < -0.4 is 5.32 Å². The van der Waals surface area contributed by atoms with Gasteiger partial charge in [0.2, 0.25) is 0 Å². The summed E-state index contributed by atoms with van der Waals surface area (Å²) in [5.41, 5.74) is 1.36. The average molecular weight is 253 g/mol. The van der Waals surface area contributed by atoms with E-state index in [2.05, 4.69) is 5.32 Å². The molecule has 0 spiro atoms. The van der Waals surface area contributed by atoms with Crippen molar-refractivity contribution in [2.45, 2.75) is 45.1 Å². The van der Waals surface area contributed by atoms with Crippen molar-refractivity contribution in [3.8, 4) is 0 Å². The van der Waals surface area contributed by atoms with E-state index in [1.807, 2.05) is 13.0 Å². The highest BCUT2D eigenvalue weighted by atomic mass is 32.1. The first kappa shape index (κ1) is 12.6. The lowest BCUT2D eigenvalue weighted by Gasteiger charge is -2.12. The fourth-order valence-electron chi connectivity index (χ4n) is 2.21. The van der Waals surface area contributed by atoms with E-state index in [1.165, 1.54) is 16.9 Å². The second-order valence-corrected chi connectivity index (χ2v) is 5.79. The number of rotatable bonds is 5. The predicted molar refractivity (Wildman–Crippen MR) is 69.6 cm³/mol. The first-order chi connectivity index (χ1) is 8.20. The van der Waals surface area contributed by atoms with Crippen molar-refractivity contribution >= 4 is 17.2 Å². The van der Waals surface area contributed by atoms with Crippen molar-refractivity contribution < 1.29 is 9.90 Å². The van der Waals surface area contributed by atoms with Crippen LogP contribution in [0, 0.1) is 0 Å². The van der Waals surface area contributed by atoms with Crippen molar-refractivity contribution in [1.29, 1.82) is 0 Å². The summed E-state index contributed by atoms with van der Waals surface area (Å²) in [5.74, 6) is 0.0369. The zero-order valence-corrected chi connectivity index (χ0v) is 11.0. The van der Waals surface area contributed by atoms with Gasteiger partial charge < -0.3 is 10.4 Å². The molecule has 0 aliphatic heterocycles. The molecule has 1 unspecified atom stereocenters.